The molecule has 1 atom stereocenters. The molecule has 3 N–H and O–H groups in total. The molecule has 1 amide bonds. The van der Waals surface area contributed by atoms with E-state index >= 15 is 0 Å². The lowest BCUT2D eigenvalue weighted by atomic mass is 10.2. The van der Waals surface area contributed by atoms with Gasteiger partial charge in [-0.05, 0) is 25.3 Å². The van der Waals surface area contributed by atoms with Gasteiger partial charge in [0, 0.05) is 36.4 Å². The van der Waals surface area contributed by atoms with Crippen LogP contribution in [0.25, 0.3) is 16.9 Å². The van der Waals surface area contributed by atoms with E-state index in [4.69, 9.17) is 5.26 Å². The van der Waals surface area contributed by atoms with E-state index in [2.05, 4.69) is 31.8 Å². The van der Waals surface area contributed by atoms with Crippen LogP contribution in [0.1, 0.15) is 42.1 Å². The Labute approximate surface area is 173 Å². The minimum atomic E-state index is -0.246. The van der Waals surface area contributed by atoms with Crippen LogP contribution in [0.15, 0.2) is 30.7 Å². The molecule has 3 aromatic heterocycles. The number of pyridine rings is 2. The first-order chi connectivity index (χ1) is 14.6. The number of hydrogen-bond acceptors (Lipinski definition) is 7. The van der Waals surface area contributed by atoms with E-state index in [1.54, 1.807) is 23.0 Å². The Morgan fingerprint density at radius 3 is 2.90 bits per heavy atom. The molecule has 0 spiro atoms. The highest BCUT2D eigenvalue weighted by molar-refractivity contribution is 5.99. The second-order valence-corrected chi connectivity index (χ2v) is 7.61. The van der Waals surface area contributed by atoms with E-state index in [0.29, 0.717) is 34.8 Å². The second kappa shape index (κ2) is 8.47. The topological polar surface area (TPSA) is 129 Å². The molecule has 0 aromatic carbocycles. The number of rotatable bonds is 8. The number of aliphatic hydroxyl groups is 1. The number of nitrogens with one attached hydrogen (secondary N) is 2. The average Bonchev–Trinajstić information content (AvgIpc) is 3.49. The maximum Gasteiger partial charge on any atom is 0.254 e. The molecule has 1 unspecified atom stereocenters. The average molecular weight is 405 g/mol. The molecule has 0 bridgehead atoms. The lowest BCUT2D eigenvalue weighted by Crippen LogP contribution is -2.28. The van der Waals surface area contributed by atoms with Crippen LogP contribution >= 0.6 is 0 Å². The van der Waals surface area contributed by atoms with Crippen molar-refractivity contribution in [2.24, 2.45) is 5.92 Å². The highest BCUT2D eigenvalue weighted by Crippen LogP contribution is 2.31. The van der Waals surface area contributed by atoms with Gasteiger partial charge in [-0.2, -0.15) is 15.0 Å². The normalized spacial score (nSPS) is 14.3. The summed E-state index contributed by atoms with van der Waals surface area (Å²) in [6.07, 6.45) is 8.08. The monoisotopic (exact) mass is 405 g/mol. The molecule has 1 saturated carbocycles. The van der Waals surface area contributed by atoms with Crippen LogP contribution in [-0.4, -0.2) is 50.0 Å². The van der Waals surface area contributed by atoms with Crippen LogP contribution in [0.5, 0.6) is 0 Å². The van der Waals surface area contributed by atoms with E-state index in [1.165, 1.54) is 25.2 Å². The molecule has 1 aliphatic carbocycles. The quantitative estimate of drug-likeness (QED) is 0.523. The van der Waals surface area contributed by atoms with Crippen LogP contribution in [0.3, 0.4) is 0 Å². The predicted octanol–water partition coefficient (Wildman–Crippen LogP) is 2.01. The van der Waals surface area contributed by atoms with Gasteiger partial charge in [0.05, 0.1) is 29.6 Å². The fourth-order valence-electron chi connectivity index (χ4n) is 3.21. The standard InChI is InChI=1S/C21H23N7O2/c1-13(12-29)27-18-7-19(24-11-17(18)21(30)23-5-4-14-2-3-14)28-20-16(10-26-28)6-15(8-22)9-25-20/h6-7,9-11,13-14,29H,2-5,12H2,1H3,(H,23,30)(H,24,27). The Hall–Kier alpha value is -3.51. The third-order valence-corrected chi connectivity index (χ3v) is 5.10. The van der Waals surface area contributed by atoms with E-state index in [1.807, 2.05) is 6.92 Å². The molecule has 0 saturated heterocycles. The van der Waals surface area contributed by atoms with Crippen LogP contribution in [-0.2, 0) is 0 Å². The Kier molecular flexibility index (Phi) is 5.59. The van der Waals surface area contributed by atoms with Crippen molar-refractivity contribution in [3.63, 3.8) is 0 Å². The summed E-state index contributed by atoms with van der Waals surface area (Å²) in [5, 5.41) is 29.7. The predicted molar refractivity (Wildman–Crippen MR) is 111 cm³/mol. The Balaban J connectivity index is 1.65. The van der Waals surface area contributed by atoms with Gasteiger partial charge in [-0.1, -0.05) is 12.8 Å². The van der Waals surface area contributed by atoms with Crippen molar-refractivity contribution in [1.29, 1.82) is 5.26 Å². The Morgan fingerprint density at radius 2 is 2.17 bits per heavy atom. The number of carbonyl (C=O) groups is 1. The molecule has 0 aliphatic heterocycles. The number of hydrogen-bond donors (Lipinski definition) is 3. The van der Waals surface area contributed by atoms with Crippen molar-refractivity contribution in [3.8, 4) is 11.9 Å². The van der Waals surface area contributed by atoms with Crippen LogP contribution < -0.4 is 10.6 Å². The number of fused-ring (bicyclic) bond motifs is 1. The fraction of sp³-hybridized carbons (Fsp3) is 0.381. The van der Waals surface area contributed by atoms with Crippen molar-refractivity contribution in [2.45, 2.75) is 32.2 Å². The number of carbonyl (C=O) groups excluding carboxylic acids is 1. The van der Waals surface area contributed by atoms with Crippen molar-refractivity contribution in [3.05, 3.63) is 41.9 Å². The summed E-state index contributed by atoms with van der Waals surface area (Å²) in [5.41, 5.74) is 1.98. The smallest absolute Gasteiger partial charge is 0.254 e. The third-order valence-electron chi connectivity index (χ3n) is 5.10. The molecule has 154 valence electrons. The van der Waals surface area contributed by atoms with Gasteiger partial charge in [0.15, 0.2) is 11.5 Å². The van der Waals surface area contributed by atoms with E-state index in [-0.39, 0.29) is 18.6 Å². The van der Waals surface area contributed by atoms with Crippen LogP contribution in [0.2, 0.25) is 0 Å². The number of amides is 1. The fourth-order valence-corrected chi connectivity index (χ4v) is 3.21. The summed E-state index contributed by atoms with van der Waals surface area (Å²) in [6.45, 7) is 2.38. The van der Waals surface area contributed by atoms with Gasteiger partial charge in [0.25, 0.3) is 5.91 Å². The molecule has 0 radical (unpaired) electrons. The molecule has 1 aliphatic rings. The molecule has 3 aromatic rings. The van der Waals surface area contributed by atoms with Crippen molar-refractivity contribution in [1.82, 2.24) is 25.1 Å². The van der Waals surface area contributed by atoms with Gasteiger partial charge in [-0.25, -0.2) is 9.97 Å². The zero-order valence-electron chi connectivity index (χ0n) is 16.7. The maximum atomic E-state index is 12.7. The highest BCUT2D eigenvalue weighted by Gasteiger charge is 2.22. The minimum Gasteiger partial charge on any atom is -0.394 e. The molecular weight excluding hydrogens is 382 g/mol. The zero-order chi connectivity index (χ0) is 21.1. The summed E-state index contributed by atoms with van der Waals surface area (Å²) in [7, 11) is 0. The van der Waals surface area contributed by atoms with Crippen LogP contribution in [0, 0.1) is 17.2 Å². The first kappa shape index (κ1) is 19.8. The lowest BCUT2D eigenvalue weighted by molar-refractivity contribution is 0.0953. The van der Waals surface area contributed by atoms with Crippen molar-refractivity contribution >= 4 is 22.6 Å². The Bertz CT molecular complexity index is 1110. The summed E-state index contributed by atoms with van der Waals surface area (Å²) < 4.78 is 1.56. The highest BCUT2D eigenvalue weighted by atomic mass is 16.3. The maximum absolute atomic E-state index is 12.7. The number of aliphatic hydroxyl groups excluding tert-OH is 1. The second-order valence-electron chi connectivity index (χ2n) is 7.61. The largest absolute Gasteiger partial charge is 0.394 e. The van der Waals surface area contributed by atoms with E-state index in [0.717, 1.165) is 17.7 Å². The first-order valence-electron chi connectivity index (χ1n) is 9.99. The number of nitrogens with zero attached hydrogens (tertiary/aromatic N) is 5. The van der Waals surface area contributed by atoms with Gasteiger partial charge in [-0.3, -0.25) is 4.79 Å². The summed E-state index contributed by atoms with van der Waals surface area (Å²) >= 11 is 0. The summed E-state index contributed by atoms with van der Waals surface area (Å²) in [5.74, 6) is 1.01. The van der Waals surface area contributed by atoms with Crippen molar-refractivity contribution < 1.29 is 9.90 Å². The number of aromatic nitrogens is 4. The third kappa shape index (κ3) is 4.23. The van der Waals surface area contributed by atoms with E-state index in [9.17, 15) is 9.90 Å². The van der Waals surface area contributed by atoms with Gasteiger partial charge in [0.2, 0.25) is 0 Å². The zero-order valence-corrected chi connectivity index (χ0v) is 16.7. The molecular formula is C21H23N7O2. The lowest BCUT2D eigenvalue weighted by Gasteiger charge is -2.17. The molecule has 4 rings (SSSR count). The van der Waals surface area contributed by atoms with Gasteiger partial charge in [0.1, 0.15) is 6.07 Å². The van der Waals surface area contributed by atoms with E-state index < -0.39 is 0 Å². The number of nitriles is 1. The molecule has 30 heavy (non-hydrogen) atoms. The number of anilines is 1. The molecule has 1 fully saturated rings. The van der Waals surface area contributed by atoms with Gasteiger partial charge >= 0.3 is 0 Å². The SMILES string of the molecule is CC(CO)Nc1cc(-n2ncc3cc(C#N)cnc32)ncc1C(=O)NCCC1CC1. The summed E-state index contributed by atoms with van der Waals surface area (Å²) in [6, 6.07) is 5.24. The Morgan fingerprint density at radius 1 is 1.33 bits per heavy atom. The molecule has 9 nitrogen and oxygen atoms in total. The molecule has 3 heterocycles. The van der Waals surface area contributed by atoms with Crippen LogP contribution in [0.4, 0.5) is 5.69 Å². The summed E-state index contributed by atoms with van der Waals surface area (Å²) in [4.78, 5) is 21.4. The molecule has 9 heteroatoms. The first-order valence-corrected chi connectivity index (χ1v) is 9.99. The van der Waals surface area contributed by atoms with Gasteiger partial charge in [-0.15, -0.1) is 0 Å². The minimum absolute atomic E-state index is 0.0798. The van der Waals surface area contributed by atoms with Crippen molar-refractivity contribution in [2.75, 3.05) is 18.5 Å². The van der Waals surface area contributed by atoms with Gasteiger partial charge < -0.3 is 15.7 Å².